The van der Waals surface area contributed by atoms with Gasteiger partial charge in [-0.15, -0.1) is 0 Å². The highest BCUT2D eigenvalue weighted by Gasteiger charge is 2.25. The van der Waals surface area contributed by atoms with Crippen LogP contribution in [0.2, 0.25) is 0 Å². The van der Waals surface area contributed by atoms with Crippen molar-refractivity contribution in [1.82, 2.24) is 14.8 Å². The summed E-state index contributed by atoms with van der Waals surface area (Å²) in [4.78, 5) is 31.2. The monoisotopic (exact) mass is 469 g/mol. The third-order valence-corrected chi connectivity index (χ3v) is 5.76. The minimum Gasteiger partial charge on any atom is -0.320 e. The Balaban J connectivity index is 1.73. The standard InChI is InChI=1S/C28H31N5O2/c1-17(2)23-16-20(24-18(3)32-33(25(24)29-23)28(4,5)6)27(35)31-22-15-11-10-14-21(22)30-26(34)19-12-8-7-9-13-19/h7-17H,1-6H3,(H,30,34)(H,31,35). The number of carbonyl (C=O) groups is 2. The zero-order valence-corrected chi connectivity index (χ0v) is 21.0. The number of aromatic nitrogens is 3. The molecular weight excluding hydrogens is 438 g/mol. The van der Waals surface area contributed by atoms with Gasteiger partial charge in [-0.3, -0.25) is 9.59 Å². The van der Waals surface area contributed by atoms with Crippen molar-refractivity contribution in [3.63, 3.8) is 0 Å². The smallest absolute Gasteiger partial charge is 0.256 e. The molecule has 0 bridgehead atoms. The van der Waals surface area contributed by atoms with Gasteiger partial charge in [-0.2, -0.15) is 5.10 Å². The molecule has 0 saturated heterocycles. The predicted octanol–water partition coefficient (Wildman–Crippen LogP) is 6.12. The number of nitrogens with zero attached hydrogens (tertiary/aromatic N) is 3. The number of fused-ring (bicyclic) bond motifs is 1. The van der Waals surface area contributed by atoms with Crippen LogP contribution in [-0.2, 0) is 5.54 Å². The van der Waals surface area contributed by atoms with E-state index in [1.165, 1.54) is 0 Å². The van der Waals surface area contributed by atoms with Crippen LogP contribution in [0.25, 0.3) is 11.0 Å². The highest BCUT2D eigenvalue weighted by molar-refractivity contribution is 6.14. The van der Waals surface area contributed by atoms with Gasteiger partial charge < -0.3 is 10.6 Å². The zero-order chi connectivity index (χ0) is 25.3. The van der Waals surface area contributed by atoms with Crippen LogP contribution < -0.4 is 10.6 Å². The fraction of sp³-hybridized carbons (Fsp3) is 0.286. The van der Waals surface area contributed by atoms with Crippen molar-refractivity contribution in [2.45, 2.75) is 53.0 Å². The number of hydrogen-bond acceptors (Lipinski definition) is 4. The number of pyridine rings is 1. The van der Waals surface area contributed by atoms with E-state index in [-0.39, 0.29) is 23.3 Å². The minimum atomic E-state index is -0.294. The summed E-state index contributed by atoms with van der Waals surface area (Å²) in [5.74, 6) is -0.396. The predicted molar refractivity (Wildman–Crippen MR) is 140 cm³/mol. The van der Waals surface area contributed by atoms with Gasteiger partial charge in [0, 0.05) is 11.3 Å². The molecule has 7 nitrogen and oxygen atoms in total. The van der Waals surface area contributed by atoms with Gasteiger partial charge in [0.05, 0.1) is 33.6 Å². The average Bonchev–Trinajstić information content (AvgIpc) is 3.17. The highest BCUT2D eigenvalue weighted by Crippen LogP contribution is 2.30. The molecule has 0 saturated carbocycles. The molecule has 2 aromatic heterocycles. The third kappa shape index (κ3) is 4.94. The van der Waals surface area contributed by atoms with Crippen LogP contribution >= 0.6 is 0 Å². The molecule has 0 aliphatic rings. The van der Waals surface area contributed by atoms with E-state index in [0.29, 0.717) is 28.1 Å². The fourth-order valence-electron chi connectivity index (χ4n) is 3.93. The molecule has 4 rings (SSSR count). The van der Waals surface area contributed by atoms with Gasteiger partial charge in [0.25, 0.3) is 11.8 Å². The van der Waals surface area contributed by atoms with Gasteiger partial charge in [-0.05, 0) is 63.9 Å². The van der Waals surface area contributed by atoms with Crippen molar-refractivity contribution in [3.05, 3.63) is 83.2 Å². The van der Waals surface area contributed by atoms with Crippen LogP contribution in [0.4, 0.5) is 11.4 Å². The van der Waals surface area contributed by atoms with Gasteiger partial charge in [-0.1, -0.05) is 44.2 Å². The Bertz CT molecular complexity index is 1400. The van der Waals surface area contributed by atoms with Gasteiger partial charge in [0.1, 0.15) is 0 Å². The first-order valence-corrected chi connectivity index (χ1v) is 11.7. The SMILES string of the molecule is Cc1nn(C(C)(C)C)c2nc(C(C)C)cc(C(=O)Nc3ccccc3NC(=O)c3ccccc3)c12. The molecule has 7 heteroatoms. The van der Waals surface area contributed by atoms with E-state index in [2.05, 4.69) is 45.3 Å². The van der Waals surface area contributed by atoms with Crippen LogP contribution in [0.5, 0.6) is 0 Å². The van der Waals surface area contributed by atoms with Crippen molar-refractivity contribution in [2.75, 3.05) is 10.6 Å². The normalized spacial score (nSPS) is 11.6. The summed E-state index contributed by atoms with van der Waals surface area (Å²) in [6.07, 6.45) is 0. The van der Waals surface area contributed by atoms with Crippen LogP contribution in [0.15, 0.2) is 60.7 Å². The van der Waals surface area contributed by atoms with Crippen molar-refractivity contribution in [3.8, 4) is 0 Å². The largest absolute Gasteiger partial charge is 0.320 e. The fourth-order valence-corrected chi connectivity index (χ4v) is 3.93. The maximum Gasteiger partial charge on any atom is 0.256 e. The molecule has 2 N–H and O–H groups in total. The molecule has 4 aromatic rings. The molecule has 0 aliphatic carbocycles. The first-order valence-electron chi connectivity index (χ1n) is 11.7. The number of anilines is 2. The number of para-hydroxylation sites is 2. The lowest BCUT2D eigenvalue weighted by molar-refractivity contribution is 0.101. The lowest BCUT2D eigenvalue weighted by Crippen LogP contribution is -2.24. The Morgan fingerprint density at radius 3 is 2.03 bits per heavy atom. The van der Waals surface area contributed by atoms with E-state index < -0.39 is 0 Å². The Morgan fingerprint density at radius 2 is 1.46 bits per heavy atom. The summed E-state index contributed by atoms with van der Waals surface area (Å²) < 4.78 is 1.88. The van der Waals surface area contributed by atoms with Crippen LogP contribution in [0, 0.1) is 6.92 Å². The molecule has 0 aliphatic heterocycles. The topological polar surface area (TPSA) is 88.9 Å². The first kappa shape index (κ1) is 24.1. The first-order chi connectivity index (χ1) is 16.6. The molecule has 0 spiro atoms. The molecule has 35 heavy (non-hydrogen) atoms. The summed E-state index contributed by atoms with van der Waals surface area (Å²) in [5, 5.41) is 11.4. The summed E-state index contributed by atoms with van der Waals surface area (Å²) in [6, 6.07) is 18.0. The van der Waals surface area contributed by atoms with E-state index in [1.807, 2.05) is 48.0 Å². The van der Waals surface area contributed by atoms with E-state index in [1.54, 1.807) is 24.3 Å². The lowest BCUT2D eigenvalue weighted by atomic mass is 10.0. The Labute approximate surface area is 205 Å². The Morgan fingerprint density at radius 1 is 0.886 bits per heavy atom. The van der Waals surface area contributed by atoms with Crippen molar-refractivity contribution >= 4 is 34.2 Å². The van der Waals surface area contributed by atoms with Gasteiger partial charge in [0.2, 0.25) is 0 Å². The number of hydrogen-bond donors (Lipinski definition) is 2. The Kier molecular flexibility index (Phi) is 6.43. The second kappa shape index (κ2) is 9.33. The minimum absolute atomic E-state index is 0.132. The van der Waals surface area contributed by atoms with Crippen molar-refractivity contribution in [1.29, 1.82) is 0 Å². The number of amides is 2. The second-order valence-corrected chi connectivity index (χ2v) is 9.94. The summed E-state index contributed by atoms with van der Waals surface area (Å²) >= 11 is 0. The molecule has 0 atom stereocenters. The van der Waals surface area contributed by atoms with Gasteiger partial charge in [0.15, 0.2) is 5.65 Å². The number of aryl methyl sites for hydroxylation is 1. The summed E-state index contributed by atoms with van der Waals surface area (Å²) in [6.45, 7) is 12.2. The molecule has 0 unspecified atom stereocenters. The van der Waals surface area contributed by atoms with Crippen LogP contribution in [-0.4, -0.2) is 26.6 Å². The average molecular weight is 470 g/mol. The quantitative estimate of drug-likeness (QED) is 0.368. The van der Waals surface area contributed by atoms with E-state index in [9.17, 15) is 9.59 Å². The molecule has 2 amide bonds. The second-order valence-electron chi connectivity index (χ2n) is 9.94. The number of nitrogens with one attached hydrogen (secondary N) is 2. The molecule has 0 fully saturated rings. The number of carbonyl (C=O) groups excluding carboxylic acids is 2. The van der Waals surface area contributed by atoms with Gasteiger partial charge >= 0.3 is 0 Å². The number of benzene rings is 2. The molecule has 2 aromatic carbocycles. The van der Waals surface area contributed by atoms with E-state index in [0.717, 1.165) is 16.8 Å². The van der Waals surface area contributed by atoms with Crippen molar-refractivity contribution < 1.29 is 9.59 Å². The van der Waals surface area contributed by atoms with Crippen LogP contribution in [0.3, 0.4) is 0 Å². The summed E-state index contributed by atoms with van der Waals surface area (Å²) in [7, 11) is 0. The molecule has 180 valence electrons. The maximum atomic E-state index is 13.6. The third-order valence-electron chi connectivity index (χ3n) is 5.76. The van der Waals surface area contributed by atoms with E-state index in [4.69, 9.17) is 10.1 Å². The molecular formula is C28H31N5O2. The molecule has 0 radical (unpaired) electrons. The van der Waals surface area contributed by atoms with Crippen LogP contribution in [0.1, 0.15) is 72.6 Å². The lowest BCUT2D eigenvalue weighted by Gasteiger charge is -2.20. The molecule has 2 heterocycles. The van der Waals surface area contributed by atoms with Gasteiger partial charge in [-0.25, -0.2) is 9.67 Å². The number of rotatable bonds is 5. The zero-order valence-electron chi connectivity index (χ0n) is 21.0. The maximum absolute atomic E-state index is 13.6. The summed E-state index contributed by atoms with van der Waals surface area (Å²) in [5.41, 5.74) is 4.04. The Hall–Kier alpha value is -4.00. The van der Waals surface area contributed by atoms with E-state index >= 15 is 0 Å². The van der Waals surface area contributed by atoms with Crippen molar-refractivity contribution in [2.24, 2.45) is 0 Å². The highest BCUT2D eigenvalue weighted by atomic mass is 16.2.